The topological polar surface area (TPSA) is 82.0 Å². The van der Waals surface area contributed by atoms with Gasteiger partial charge in [-0.2, -0.15) is 0 Å². The number of anilines is 1. The fourth-order valence-electron chi connectivity index (χ4n) is 3.35. The van der Waals surface area contributed by atoms with Crippen molar-refractivity contribution in [1.82, 2.24) is 15.6 Å². The number of nitrogens with one attached hydrogen (secondary N) is 2. The van der Waals surface area contributed by atoms with E-state index in [9.17, 15) is 5.11 Å². The van der Waals surface area contributed by atoms with Crippen molar-refractivity contribution in [2.24, 2.45) is 4.99 Å². The molecule has 1 atom stereocenters. The van der Waals surface area contributed by atoms with Crippen LogP contribution in [-0.4, -0.2) is 62.0 Å². The number of morpholine rings is 1. The summed E-state index contributed by atoms with van der Waals surface area (Å²) in [5, 5.41) is 16.4. The van der Waals surface area contributed by atoms with E-state index in [1.165, 1.54) is 0 Å². The Morgan fingerprint density at radius 2 is 1.97 bits per heavy atom. The third-order valence-corrected chi connectivity index (χ3v) is 4.94. The lowest BCUT2D eigenvalue weighted by atomic mass is 10.0. The van der Waals surface area contributed by atoms with E-state index < -0.39 is 0 Å². The van der Waals surface area contributed by atoms with E-state index in [0.717, 1.165) is 55.8 Å². The van der Waals surface area contributed by atoms with Crippen molar-refractivity contribution in [3.05, 3.63) is 59.8 Å². The highest BCUT2D eigenvalue weighted by molar-refractivity contribution is 5.79. The first kappa shape index (κ1) is 21.1. The Balaban J connectivity index is 1.66. The lowest BCUT2D eigenvalue weighted by Crippen LogP contribution is -2.40. The Morgan fingerprint density at radius 1 is 1.17 bits per heavy atom. The summed E-state index contributed by atoms with van der Waals surface area (Å²) in [5.74, 6) is 1.73. The Labute approximate surface area is 172 Å². The molecule has 7 nitrogen and oxygen atoms in total. The van der Waals surface area contributed by atoms with Gasteiger partial charge in [0.1, 0.15) is 5.82 Å². The Kier molecular flexibility index (Phi) is 8.27. The first-order valence-corrected chi connectivity index (χ1v) is 10.3. The van der Waals surface area contributed by atoms with E-state index >= 15 is 0 Å². The molecule has 2 heterocycles. The molecule has 0 spiro atoms. The summed E-state index contributed by atoms with van der Waals surface area (Å²) in [6, 6.07) is 14.1. The maximum atomic E-state index is 9.79. The molecule has 1 aromatic carbocycles. The molecule has 0 bridgehead atoms. The average Bonchev–Trinajstić information content (AvgIpc) is 2.79. The largest absolute Gasteiger partial charge is 0.396 e. The molecule has 156 valence electrons. The smallest absolute Gasteiger partial charge is 0.191 e. The summed E-state index contributed by atoms with van der Waals surface area (Å²) in [6.45, 7) is 7.19. The van der Waals surface area contributed by atoms with Crippen molar-refractivity contribution in [3.8, 4) is 0 Å². The van der Waals surface area contributed by atoms with E-state index in [-0.39, 0.29) is 12.5 Å². The van der Waals surface area contributed by atoms with Crippen LogP contribution in [0, 0.1) is 0 Å². The summed E-state index contributed by atoms with van der Waals surface area (Å²) >= 11 is 0. The maximum absolute atomic E-state index is 9.79. The zero-order valence-corrected chi connectivity index (χ0v) is 17.1. The minimum atomic E-state index is 0.0161. The first-order valence-electron chi connectivity index (χ1n) is 10.3. The minimum Gasteiger partial charge on any atom is -0.396 e. The molecule has 0 aliphatic carbocycles. The summed E-state index contributed by atoms with van der Waals surface area (Å²) in [4.78, 5) is 11.6. The monoisotopic (exact) mass is 397 g/mol. The van der Waals surface area contributed by atoms with Gasteiger partial charge < -0.3 is 25.4 Å². The van der Waals surface area contributed by atoms with Gasteiger partial charge in [-0.1, -0.05) is 36.4 Å². The Bertz CT molecular complexity index is 763. The summed E-state index contributed by atoms with van der Waals surface area (Å²) in [7, 11) is 0. The van der Waals surface area contributed by atoms with Gasteiger partial charge in [0.2, 0.25) is 0 Å². The van der Waals surface area contributed by atoms with Gasteiger partial charge in [0.05, 0.1) is 26.4 Å². The normalized spacial score (nSPS) is 15.8. The van der Waals surface area contributed by atoms with Crippen molar-refractivity contribution < 1.29 is 9.84 Å². The molecule has 7 heteroatoms. The van der Waals surface area contributed by atoms with Gasteiger partial charge in [0, 0.05) is 43.9 Å². The van der Waals surface area contributed by atoms with Gasteiger partial charge in [-0.05, 0) is 18.6 Å². The number of aliphatic hydroxyl groups is 1. The third kappa shape index (κ3) is 6.17. The number of hydrogen-bond donors (Lipinski definition) is 3. The van der Waals surface area contributed by atoms with Crippen LogP contribution in [0.4, 0.5) is 5.82 Å². The second-order valence-corrected chi connectivity index (χ2v) is 6.95. The van der Waals surface area contributed by atoms with Crippen molar-refractivity contribution in [2.75, 3.05) is 50.9 Å². The summed E-state index contributed by atoms with van der Waals surface area (Å²) in [6.07, 6.45) is 1.83. The molecule has 1 unspecified atom stereocenters. The van der Waals surface area contributed by atoms with E-state index in [1.54, 1.807) is 0 Å². The zero-order valence-electron chi connectivity index (χ0n) is 17.1. The molecule has 1 aliphatic heterocycles. The van der Waals surface area contributed by atoms with Crippen molar-refractivity contribution in [2.45, 2.75) is 19.4 Å². The van der Waals surface area contributed by atoms with Crippen molar-refractivity contribution >= 4 is 11.8 Å². The number of hydrogen-bond acceptors (Lipinski definition) is 5. The van der Waals surface area contributed by atoms with E-state index in [1.807, 2.05) is 49.5 Å². The van der Waals surface area contributed by atoms with Crippen LogP contribution < -0.4 is 15.5 Å². The third-order valence-electron chi connectivity index (χ3n) is 4.94. The molecule has 0 amide bonds. The predicted molar refractivity (Wildman–Crippen MR) is 116 cm³/mol. The van der Waals surface area contributed by atoms with Gasteiger partial charge in [0.15, 0.2) is 5.96 Å². The van der Waals surface area contributed by atoms with Crippen LogP contribution in [0.1, 0.15) is 24.0 Å². The van der Waals surface area contributed by atoms with Gasteiger partial charge in [-0.15, -0.1) is 0 Å². The molecule has 1 saturated heterocycles. The zero-order chi connectivity index (χ0) is 20.3. The number of aliphatic imine (C=N–C) groups is 1. The molecule has 3 N–H and O–H groups in total. The van der Waals surface area contributed by atoms with Gasteiger partial charge >= 0.3 is 0 Å². The van der Waals surface area contributed by atoms with Crippen LogP contribution in [0.15, 0.2) is 53.7 Å². The SMILES string of the molecule is CCNC(=NCc1cccnc1N1CCOCC1)NCC(CO)c1ccccc1. The van der Waals surface area contributed by atoms with Crippen LogP contribution >= 0.6 is 0 Å². The second-order valence-electron chi connectivity index (χ2n) is 6.95. The summed E-state index contributed by atoms with van der Waals surface area (Å²) in [5.41, 5.74) is 2.20. The number of aromatic nitrogens is 1. The van der Waals surface area contributed by atoms with Crippen LogP contribution in [0.2, 0.25) is 0 Å². The van der Waals surface area contributed by atoms with Crippen LogP contribution in [0.25, 0.3) is 0 Å². The molecule has 1 aromatic heterocycles. The number of benzene rings is 1. The highest BCUT2D eigenvalue weighted by Gasteiger charge is 2.16. The molecule has 0 saturated carbocycles. The standard InChI is InChI=1S/C22H31N5O2/c1-2-23-22(26-16-20(17-28)18-7-4-3-5-8-18)25-15-19-9-6-10-24-21(19)27-11-13-29-14-12-27/h3-10,20,28H,2,11-17H2,1H3,(H2,23,25,26). The number of ether oxygens (including phenoxy) is 1. The number of aliphatic hydroxyl groups excluding tert-OH is 1. The fraction of sp³-hybridized carbons (Fsp3) is 0.455. The van der Waals surface area contributed by atoms with Crippen LogP contribution in [-0.2, 0) is 11.3 Å². The molecule has 29 heavy (non-hydrogen) atoms. The summed E-state index contributed by atoms with van der Waals surface area (Å²) < 4.78 is 5.46. The molecule has 3 rings (SSSR count). The average molecular weight is 398 g/mol. The molecule has 2 aromatic rings. The van der Waals surface area contributed by atoms with Crippen molar-refractivity contribution in [1.29, 1.82) is 0 Å². The molecular weight excluding hydrogens is 366 g/mol. The van der Waals surface area contributed by atoms with Crippen LogP contribution in [0.5, 0.6) is 0 Å². The number of nitrogens with zero attached hydrogens (tertiary/aromatic N) is 3. The Morgan fingerprint density at radius 3 is 2.69 bits per heavy atom. The van der Waals surface area contributed by atoms with Crippen molar-refractivity contribution in [3.63, 3.8) is 0 Å². The maximum Gasteiger partial charge on any atom is 0.191 e. The molecular formula is C22H31N5O2. The minimum absolute atomic E-state index is 0.0161. The van der Waals surface area contributed by atoms with Gasteiger partial charge in [-0.3, -0.25) is 0 Å². The highest BCUT2D eigenvalue weighted by atomic mass is 16.5. The lowest BCUT2D eigenvalue weighted by molar-refractivity contribution is 0.122. The predicted octanol–water partition coefficient (Wildman–Crippen LogP) is 1.75. The quantitative estimate of drug-likeness (QED) is 0.465. The highest BCUT2D eigenvalue weighted by Crippen LogP contribution is 2.19. The van der Waals surface area contributed by atoms with Gasteiger partial charge in [0.25, 0.3) is 0 Å². The Hall–Kier alpha value is -2.64. The van der Waals surface area contributed by atoms with Gasteiger partial charge in [-0.25, -0.2) is 9.98 Å². The lowest BCUT2D eigenvalue weighted by Gasteiger charge is -2.29. The molecule has 1 aliphatic rings. The van der Waals surface area contributed by atoms with E-state index in [4.69, 9.17) is 9.73 Å². The molecule has 1 fully saturated rings. The second kappa shape index (κ2) is 11.4. The van der Waals surface area contributed by atoms with Crippen LogP contribution in [0.3, 0.4) is 0 Å². The number of rotatable bonds is 8. The fourth-order valence-corrected chi connectivity index (χ4v) is 3.35. The number of guanidine groups is 1. The van der Waals surface area contributed by atoms with E-state index in [0.29, 0.717) is 13.1 Å². The molecule has 0 radical (unpaired) electrons. The first-order chi connectivity index (χ1) is 14.3. The number of pyridine rings is 1. The van der Waals surface area contributed by atoms with E-state index in [2.05, 4.69) is 26.6 Å².